The smallest absolute Gasteiger partial charge is 0.229 e. The van der Waals surface area contributed by atoms with E-state index in [4.69, 9.17) is 4.74 Å². The van der Waals surface area contributed by atoms with Gasteiger partial charge in [-0.15, -0.1) is 0 Å². The van der Waals surface area contributed by atoms with Gasteiger partial charge >= 0.3 is 0 Å². The van der Waals surface area contributed by atoms with Crippen LogP contribution in [0, 0.1) is 5.92 Å². The van der Waals surface area contributed by atoms with E-state index in [1.807, 2.05) is 17.0 Å². The summed E-state index contributed by atoms with van der Waals surface area (Å²) in [5.41, 5.74) is 1.29. The second-order valence-corrected chi connectivity index (χ2v) is 7.07. The molecule has 1 aromatic rings. The van der Waals surface area contributed by atoms with E-state index in [-0.39, 0.29) is 43.5 Å². The summed E-state index contributed by atoms with van der Waals surface area (Å²) < 4.78 is 5.18. The molecule has 140 valence electrons. The van der Waals surface area contributed by atoms with Crippen LogP contribution in [0.1, 0.15) is 37.7 Å². The van der Waals surface area contributed by atoms with Gasteiger partial charge in [-0.2, -0.15) is 0 Å². The molecule has 2 aliphatic heterocycles. The van der Waals surface area contributed by atoms with Crippen molar-refractivity contribution in [1.29, 1.82) is 0 Å². The molecular weight excluding hydrogens is 332 g/mol. The highest BCUT2D eigenvalue weighted by atomic mass is 16.5. The lowest BCUT2D eigenvalue weighted by Gasteiger charge is -2.32. The fraction of sp³-hybridized carbons (Fsp3) is 0.550. The van der Waals surface area contributed by atoms with Crippen molar-refractivity contribution in [2.45, 2.75) is 38.5 Å². The predicted molar refractivity (Wildman–Crippen MR) is 96.6 cm³/mol. The zero-order chi connectivity index (χ0) is 18.5. The summed E-state index contributed by atoms with van der Waals surface area (Å²) in [5.74, 6) is 1.18. The van der Waals surface area contributed by atoms with Crippen LogP contribution in [0.3, 0.4) is 0 Å². The Morgan fingerprint density at radius 3 is 2.27 bits per heavy atom. The van der Waals surface area contributed by atoms with Crippen molar-refractivity contribution < 1.29 is 19.1 Å². The number of piperidine rings is 1. The largest absolute Gasteiger partial charge is 0.497 e. The van der Waals surface area contributed by atoms with E-state index in [1.54, 1.807) is 7.11 Å². The first kappa shape index (κ1) is 18.4. The van der Waals surface area contributed by atoms with Crippen LogP contribution in [0.4, 0.5) is 0 Å². The Kier molecular flexibility index (Phi) is 5.91. The normalized spacial score (nSPS) is 18.5. The number of ether oxygens (including phenoxy) is 1. The number of carbonyl (C=O) groups is 3. The van der Waals surface area contributed by atoms with Crippen LogP contribution in [-0.4, -0.2) is 54.3 Å². The molecule has 26 heavy (non-hydrogen) atoms. The van der Waals surface area contributed by atoms with Crippen molar-refractivity contribution in [2.75, 3.05) is 26.7 Å². The molecule has 0 radical (unpaired) electrons. The number of carbonyl (C=O) groups excluding carboxylic acids is 3. The number of rotatable bonds is 6. The predicted octanol–water partition coefficient (Wildman–Crippen LogP) is 2.02. The van der Waals surface area contributed by atoms with Crippen LogP contribution >= 0.6 is 0 Å². The molecule has 2 fully saturated rings. The molecule has 2 saturated heterocycles. The third-order valence-electron chi connectivity index (χ3n) is 5.35. The molecule has 6 heteroatoms. The van der Waals surface area contributed by atoms with Gasteiger partial charge in [0, 0.05) is 38.9 Å². The van der Waals surface area contributed by atoms with E-state index in [0.29, 0.717) is 5.92 Å². The lowest BCUT2D eigenvalue weighted by atomic mass is 9.90. The van der Waals surface area contributed by atoms with Gasteiger partial charge in [0.25, 0.3) is 0 Å². The molecule has 0 aliphatic carbocycles. The highest BCUT2D eigenvalue weighted by Gasteiger charge is 2.30. The summed E-state index contributed by atoms with van der Waals surface area (Å²) in [7, 11) is 1.66. The molecule has 0 saturated carbocycles. The minimum absolute atomic E-state index is 0.0420. The number of methoxy groups -OCH3 is 1. The van der Waals surface area contributed by atoms with Crippen LogP contribution < -0.4 is 4.74 Å². The fourth-order valence-electron chi connectivity index (χ4n) is 3.72. The van der Waals surface area contributed by atoms with Crippen LogP contribution in [0.15, 0.2) is 24.3 Å². The molecule has 2 aliphatic rings. The maximum absolute atomic E-state index is 12.4. The third kappa shape index (κ3) is 4.42. The second-order valence-electron chi connectivity index (χ2n) is 7.07. The van der Waals surface area contributed by atoms with Crippen molar-refractivity contribution in [1.82, 2.24) is 9.80 Å². The SMILES string of the molecule is COc1ccc(CC2CCN(C(=O)CCN3C(=O)CCC3=O)CC2)cc1. The van der Waals surface area contributed by atoms with Gasteiger partial charge in [0.1, 0.15) is 5.75 Å². The van der Waals surface area contributed by atoms with Gasteiger partial charge in [-0.3, -0.25) is 19.3 Å². The third-order valence-corrected chi connectivity index (χ3v) is 5.35. The average Bonchev–Trinajstić information content (AvgIpc) is 2.99. The van der Waals surface area contributed by atoms with E-state index in [9.17, 15) is 14.4 Å². The van der Waals surface area contributed by atoms with E-state index >= 15 is 0 Å². The molecule has 3 amide bonds. The molecule has 0 bridgehead atoms. The second kappa shape index (κ2) is 8.34. The Hall–Kier alpha value is -2.37. The molecule has 0 unspecified atom stereocenters. The maximum Gasteiger partial charge on any atom is 0.229 e. The van der Waals surface area contributed by atoms with Gasteiger partial charge in [-0.25, -0.2) is 0 Å². The van der Waals surface area contributed by atoms with Crippen LogP contribution in [-0.2, 0) is 20.8 Å². The zero-order valence-corrected chi connectivity index (χ0v) is 15.3. The number of nitrogens with zero attached hydrogens (tertiary/aromatic N) is 2. The van der Waals surface area contributed by atoms with Crippen molar-refractivity contribution >= 4 is 17.7 Å². The van der Waals surface area contributed by atoms with Gasteiger partial charge in [0.05, 0.1) is 7.11 Å². The molecule has 0 N–H and O–H groups in total. The number of hydrogen-bond acceptors (Lipinski definition) is 4. The number of benzene rings is 1. The Morgan fingerprint density at radius 1 is 1.08 bits per heavy atom. The zero-order valence-electron chi connectivity index (χ0n) is 15.3. The van der Waals surface area contributed by atoms with Crippen LogP contribution in [0.25, 0.3) is 0 Å². The quantitative estimate of drug-likeness (QED) is 0.730. The molecule has 0 aromatic heterocycles. The van der Waals surface area contributed by atoms with Gasteiger partial charge in [-0.05, 0) is 42.9 Å². The molecule has 1 aromatic carbocycles. The van der Waals surface area contributed by atoms with Crippen molar-refractivity contribution in [2.24, 2.45) is 5.92 Å². The van der Waals surface area contributed by atoms with E-state index in [1.165, 1.54) is 10.5 Å². The molecule has 6 nitrogen and oxygen atoms in total. The van der Waals surface area contributed by atoms with Crippen molar-refractivity contribution in [3.05, 3.63) is 29.8 Å². The Balaban J connectivity index is 1.41. The van der Waals surface area contributed by atoms with Gasteiger partial charge in [-0.1, -0.05) is 12.1 Å². The summed E-state index contributed by atoms with van der Waals surface area (Å²) >= 11 is 0. The Labute approximate surface area is 154 Å². The van der Waals surface area contributed by atoms with Gasteiger partial charge in [0.2, 0.25) is 17.7 Å². The summed E-state index contributed by atoms with van der Waals surface area (Å²) in [6, 6.07) is 8.16. The van der Waals surface area contributed by atoms with E-state index in [2.05, 4.69) is 12.1 Å². The number of hydrogen-bond donors (Lipinski definition) is 0. The summed E-state index contributed by atoms with van der Waals surface area (Å²) in [6.45, 7) is 1.73. The first-order chi connectivity index (χ1) is 12.6. The van der Waals surface area contributed by atoms with Gasteiger partial charge in [0.15, 0.2) is 0 Å². The van der Waals surface area contributed by atoms with E-state index in [0.717, 1.165) is 38.1 Å². The standard InChI is InChI=1S/C20H26N2O4/c1-26-17-4-2-15(3-5-17)14-16-8-11-21(12-9-16)18(23)10-13-22-19(24)6-7-20(22)25/h2-5,16H,6-14H2,1H3. The maximum atomic E-state index is 12.4. The number of imide groups is 1. The summed E-state index contributed by atoms with van der Waals surface area (Å²) in [4.78, 5) is 38.7. The summed E-state index contributed by atoms with van der Waals surface area (Å²) in [6.07, 6.45) is 3.79. The highest BCUT2D eigenvalue weighted by molar-refractivity contribution is 6.02. The number of likely N-dealkylation sites (tertiary alicyclic amines) is 2. The molecule has 2 heterocycles. The lowest BCUT2D eigenvalue weighted by molar-refractivity contribution is -0.139. The van der Waals surface area contributed by atoms with Crippen molar-refractivity contribution in [3.8, 4) is 5.75 Å². The highest BCUT2D eigenvalue weighted by Crippen LogP contribution is 2.23. The first-order valence-electron chi connectivity index (χ1n) is 9.30. The topological polar surface area (TPSA) is 66.9 Å². The number of amides is 3. The lowest BCUT2D eigenvalue weighted by Crippen LogP contribution is -2.41. The monoisotopic (exact) mass is 358 g/mol. The first-order valence-corrected chi connectivity index (χ1v) is 9.30. The van der Waals surface area contributed by atoms with E-state index < -0.39 is 0 Å². The minimum Gasteiger partial charge on any atom is -0.497 e. The van der Waals surface area contributed by atoms with Gasteiger partial charge < -0.3 is 9.64 Å². The Bertz CT molecular complexity index is 647. The molecule has 0 atom stereocenters. The molecular formula is C20H26N2O4. The minimum atomic E-state index is -0.152. The fourth-order valence-corrected chi connectivity index (χ4v) is 3.72. The van der Waals surface area contributed by atoms with Crippen LogP contribution in [0.5, 0.6) is 5.75 Å². The van der Waals surface area contributed by atoms with Crippen molar-refractivity contribution in [3.63, 3.8) is 0 Å². The summed E-state index contributed by atoms with van der Waals surface area (Å²) in [5, 5.41) is 0. The average molecular weight is 358 g/mol. The molecule has 3 rings (SSSR count). The molecule has 0 spiro atoms. The Morgan fingerprint density at radius 2 is 1.69 bits per heavy atom. The van der Waals surface area contributed by atoms with Crippen LogP contribution in [0.2, 0.25) is 0 Å².